The second-order valence-corrected chi connectivity index (χ2v) is 9.48. The molecule has 3 aromatic carbocycles. The van der Waals surface area contributed by atoms with Gasteiger partial charge in [0, 0.05) is 5.39 Å². The fourth-order valence-electron chi connectivity index (χ4n) is 5.80. The van der Waals surface area contributed by atoms with E-state index in [1.807, 2.05) is 18.2 Å². The van der Waals surface area contributed by atoms with Gasteiger partial charge in [-0.2, -0.15) is 0 Å². The summed E-state index contributed by atoms with van der Waals surface area (Å²) in [5.74, 6) is 3.18. The summed E-state index contributed by atoms with van der Waals surface area (Å²) < 4.78 is 23.3. The molecule has 1 unspecified atom stereocenters. The van der Waals surface area contributed by atoms with Crippen LogP contribution in [0.4, 0.5) is 0 Å². The van der Waals surface area contributed by atoms with E-state index in [4.69, 9.17) is 18.6 Å². The van der Waals surface area contributed by atoms with Crippen molar-refractivity contribution in [3.05, 3.63) is 51.9 Å². The van der Waals surface area contributed by atoms with Gasteiger partial charge in [0.25, 0.3) is 0 Å². The van der Waals surface area contributed by atoms with Gasteiger partial charge in [0.05, 0.1) is 37.5 Å². The molecule has 34 heavy (non-hydrogen) atoms. The zero-order valence-corrected chi connectivity index (χ0v) is 20.6. The van der Waals surface area contributed by atoms with Crippen molar-refractivity contribution in [1.29, 1.82) is 0 Å². The van der Waals surface area contributed by atoms with Crippen molar-refractivity contribution in [1.82, 2.24) is 0 Å². The maximum atomic E-state index is 13.4. The molecule has 4 aromatic rings. The standard InChI is InChI=1S/C29H32O5/c1-6-7-9-17-13-20-18(12-16(17)2)14-23(32-4)27-25-19-10-8-11-22(31-3)26(19)24(33-5)15-21(25)29(30)34-28(20)27/h8,10-11,14-17H,6-7,9,12-13H2,1-5H3/t16-,17?/m0/s1. The Morgan fingerprint density at radius 3 is 2.35 bits per heavy atom. The van der Waals surface area contributed by atoms with Crippen LogP contribution < -0.4 is 19.8 Å². The molecule has 0 radical (unpaired) electrons. The molecule has 2 atom stereocenters. The molecule has 1 aliphatic carbocycles. The predicted octanol–water partition coefficient (Wildman–Crippen LogP) is 6.67. The lowest BCUT2D eigenvalue weighted by atomic mass is 9.74. The van der Waals surface area contributed by atoms with E-state index in [-0.39, 0.29) is 5.63 Å². The molecule has 1 aliphatic rings. The summed E-state index contributed by atoms with van der Waals surface area (Å²) in [6, 6.07) is 9.76. The minimum absolute atomic E-state index is 0.357. The van der Waals surface area contributed by atoms with E-state index in [2.05, 4.69) is 19.9 Å². The Bertz CT molecular complexity index is 1450. The van der Waals surface area contributed by atoms with Crippen LogP contribution in [0.1, 0.15) is 44.2 Å². The molecule has 5 rings (SSSR count). The molecule has 1 heterocycles. The van der Waals surface area contributed by atoms with E-state index in [0.717, 1.165) is 45.7 Å². The van der Waals surface area contributed by atoms with E-state index in [0.29, 0.717) is 34.3 Å². The molecule has 5 heteroatoms. The fraction of sp³-hybridized carbons (Fsp3) is 0.414. The minimum atomic E-state index is -0.357. The molecule has 178 valence electrons. The number of hydrogen-bond donors (Lipinski definition) is 0. The van der Waals surface area contributed by atoms with E-state index >= 15 is 0 Å². The summed E-state index contributed by atoms with van der Waals surface area (Å²) in [7, 11) is 4.93. The van der Waals surface area contributed by atoms with Gasteiger partial charge in [-0.05, 0) is 65.8 Å². The Balaban J connectivity index is 1.92. The summed E-state index contributed by atoms with van der Waals surface area (Å²) in [6.45, 7) is 4.57. The fourth-order valence-corrected chi connectivity index (χ4v) is 5.80. The maximum Gasteiger partial charge on any atom is 0.344 e. The van der Waals surface area contributed by atoms with Gasteiger partial charge in [-0.1, -0.05) is 38.8 Å². The summed E-state index contributed by atoms with van der Waals surface area (Å²) in [6.07, 6.45) is 5.49. The number of unbranched alkanes of at least 4 members (excludes halogenated alkanes) is 1. The minimum Gasteiger partial charge on any atom is -0.496 e. The van der Waals surface area contributed by atoms with Crippen LogP contribution in [0.5, 0.6) is 17.2 Å². The summed E-state index contributed by atoms with van der Waals surface area (Å²) in [4.78, 5) is 13.4. The molecular weight excluding hydrogens is 428 g/mol. The van der Waals surface area contributed by atoms with Crippen LogP contribution in [0.15, 0.2) is 39.5 Å². The highest BCUT2D eigenvalue weighted by Gasteiger charge is 2.30. The van der Waals surface area contributed by atoms with Crippen molar-refractivity contribution >= 4 is 32.5 Å². The largest absolute Gasteiger partial charge is 0.496 e. The smallest absolute Gasteiger partial charge is 0.344 e. The van der Waals surface area contributed by atoms with Crippen molar-refractivity contribution in [3.63, 3.8) is 0 Å². The zero-order valence-electron chi connectivity index (χ0n) is 20.6. The molecule has 0 saturated heterocycles. The normalized spacial score (nSPS) is 17.8. The molecule has 0 amide bonds. The van der Waals surface area contributed by atoms with Gasteiger partial charge in [-0.15, -0.1) is 0 Å². The number of methoxy groups -OCH3 is 3. The molecule has 0 fully saturated rings. The average Bonchev–Trinajstić information content (AvgIpc) is 2.86. The topological polar surface area (TPSA) is 57.9 Å². The van der Waals surface area contributed by atoms with Gasteiger partial charge in [-0.3, -0.25) is 0 Å². The van der Waals surface area contributed by atoms with Crippen molar-refractivity contribution in [2.75, 3.05) is 21.3 Å². The second-order valence-electron chi connectivity index (χ2n) is 9.48. The summed E-state index contributed by atoms with van der Waals surface area (Å²) in [5, 5.41) is 3.87. The molecule has 1 aromatic heterocycles. The molecular formula is C29H32O5. The average molecular weight is 461 g/mol. The summed E-state index contributed by atoms with van der Waals surface area (Å²) in [5.41, 5.74) is 2.68. The van der Waals surface area contributed by atoms with Gasteiger partial charge in [0.1, 0.15) is 22.8 Å². The Morgan fingerprint density at radius 1 is 0.912 bits per heavy atom. The Kier molecular flexibility index (Phi) is 5.88. The molecule has 0 bridgehead atoms. The highest BCUT2D eigenvalue weighted by Crippen LogP contribution is 2.46. The van der Waals surface area contributed by atoms with Crippen LogP contribution in [-0.2, 0) is 12.8 Å². The first-order chi connectivity index (χ1) is 16.5. The van der Waals surface area contributed by atoms with Crippen molar-refractivity contribution in [2.45, 2.75) is 46.0 Å². The Hall–Kier alpha value is -3.21. The van der Waals surface area contributed by atoms with Crippen LogP contribution >= 0.6 is 0 Å². The monoisotopic (exact) mass is 460 g/mol. The van der Waals surface area contributed by atoms with Crippen LogP contribution in [0, 0.1) is 11.8 Å². The lowest BCUT2D eigenvalue weighted by Gasteiger charge is -2.31. The quantitative estimate of drug-likeness (QED) is 0.238. The third-order valence-corrected chi connectivity index (χ3v) is 7.59. The van der Waals surface area contributed by atoms with Gasteiger partial charge >= 0.3 is 5.63 Å². The van der Waals surface area contributed by atoms with Crippen molar-refractivity contribution in [2.24, 2.45) is 11.8 Å². The number of ether oxygens (including phenoxy) is 3. The zero-order chi connectivity index (χ0) is 24.0. The second kappa shape index (κ2) is 8.86. The van der Waals surface area contributed by atoms with Crippen LogP contribution in [0.3, 0.4) is 0 Å². The first-order valence-electron chi connectivity index (χ1n) is 12.1. The highest BCUT2D eigenvalue weighted by molar-refractivity contribution is 6.23. The predicted molar refractivity (Wildman–Crippen MR) is 137 cm³/mol. The maximum absolute atomic E-state index is 13.4. The molecule has 0 saturated carbocycles. The van der Waals surface area contributed by atoms with Crippen molar-refractivity contribution < 1.29 is 18.6 Å². The third kappa shape index (κ3) is 3.41. The SMILES string of the molecule is CCCCC1Cc2c(cc(OC)c3c2oc(=O)c2cc(OC)c4c(OC)cccc4c23)C[C@@H]1C. The lowest BCUT2D eigenvalue weighted by Crippen LogP contribution is -2.24. The van der Waals surface area contributed by atoms with Crippen LogP contribution in [0.2, 0.25) is 0 Å². The first-order valence-corrected chi connectivity index (χ1v) is 12.1. The van der Waals surface area contributed by atoms with E-state index < -0.39 is 0 Å². The van der Waals surface area contributed by atoms with Crippen LogP contribution in [0.25, 0.3) is 32.5 Å². The number of rotatable bonds is 6. The van der Waals surface area contributed by atoms with Gasteiger partial charge in [0.15, 0.2) is 0 Å². The van der Waals surface area contributed by atoms with Gasteiger partial charge < -0.3 is 18.6 Å². The first kappa shape index (κ1) is 22.6. The Morgan fingerprint density at radius 2 is 1.65 bits per heavy atom. The number of benzene rings is 3. The van der Waals surface area contributed by atoms with Gasteiger partial charge in [0.2, 0.25) is 0 Å². The lowest BCUT2D eigenvalue weighted by molar-refractivity contribution is 0.304. The van der Waals surface area contributed by atoms with E-state index in [9.17, 15) is 4.79 Å². The highest BCUT2D eigenvalue weighted by atomic mass is 16.5. The Labute approximate surface area is 199 Å². The third-order valence-electron chi connectivity index (χ3n) is 7.59. The summed E-state index contributed by atoms with van der Waals surface area (Å²) >= 11 is 0. The number of fused-ring (bicyclic) bond motifs is 7. The van der Waals surface area contributed by atoms with E-state index in [1.165, 1.54) is 24.8 Å². The van der Waals surface area contributed by atoms with Gasteiger partial charge in [-0.25, -0.2) is 4.79 Å². The van der Waals surface area contributed by atoms with Crippen molar-refractivity contribution in [3.8, 4) is 17.2 Å². The molecule has 0 aliphatic heterocycles. The molecule has 5 nitrogen and oxygen atoms in total. The molecule has 0 spiro atoms. The van der Waals surface area contributed by atoms with E-state index in [1.54, 1.807) is 27.4 Å². The number of hydrogen-bond acceptors (Lipinski definition) is 5. The van der Waals surface area contributed by atoms with Crippen LogP contribution in [-0.4, -0.2) is 21.3 Å². The molecule has 0 N–H and O–H groups in total.